The van der Waals surface area contributed by atoms with Crippen molar-refractivity contribution in [2.45, 2.75) is 20.8 Å². The highest BCUT2D eigenvalue weighted by atomic mass is 32.2. The molecule has 88 valence electrons. The number of hydrogen-bond donors (Lipinski definition) is 0. The Balaban J connectivity index is 2.62. The summed E-state index contributed by atoms with van der Waals surface area (Å²) in [7, 11) is 0. The van der Waals surface area contributed by atoms with E-state index >= 15 is 0 Å². The van der Waals surface area contributed by atoms with Crippen LogP contribution >= 0.6 is 11.8 Å². The third kappa shape index (κ3) is 3.97. The standard InChI is InChI=1S/C13H17FOS/c1-9(2)7-16-8-13(15)12-6-11(14)5-4-10(12)3/h4-6,9H,7-8H2,1-3H3. The fraction of sp³-hybridized carbons (Fsp3) is 0.462. The second-order valence-electron chi connectivity index (χ2n) is 4.29. The third-order valence-corrected chi connectivity index (χ3v) is 3.55. The Morgan fingerprint density at radius 3 is 2.75 bits per heavy atom. The molecule has 0 aliphatic rings. The van der Waals surface area contributed by atoms with Gasteiger partial charge in [0.15, 0.2) is 5.78 Å². The molecule has 0 saturated carbocycles. The van der Waals surface area contributed by atoms with E-state index in [1.165, 1.54) is 12.1 Å². The van der Waals surface area contributed by atoms with Crippen LogP contribution in [0.3, 0.4) is 0 Å². The van der Waals surface area contributed by atoms with Crippen molar-refractivity contribution in [1.82, 2.24) is 0 Å². The molecule has 0 spiro atoms. The summed E-state index contributed by atoms with van der Waals surface area (Å²) >= 11 is 1.61. The minimum absolute atomic E-state index is 0.0163. The molecule has 0 heterocycles. The average molecular weight is 240 g/mol. The van der Waals surface area contributed by atoms with Crippen LogP contribution in [-0.2, 0) is 0 Å². The number of carbonyl (C=O) groups is 1. The Hall–Kier alpha value is -0.830. The predicted molar refractivity (Wildman–Crippen MR) is 67.6 cm³/mol. The zero-order valence-corrected chi connectivity index (χ0v) is 10.7. The summed E-state index contributed by atoms with van der Waals surface area (Å²) in [5.74, 6) is 1.64. The summed E-state index contributed by atoms with van der Waals surface area (Å²) in [5, 5.41) is 0. The molecule has 0 unspecified atom stereocenters. The number of hydrogen-bond acceptors (Lipinski definition) is 2. The molecular formula is C13H17FOS. The van der Waals surface area contributed by atoms with Crippen LogP contribution < -0.4 is 0 Å². The minimum Gasteiger partial charge on any atom is -0.293 e. The Morgan fingerprint density at radius 1 is 1.44 bits per heavy atom. The Labute approximate surface area is 100 Å². The van der Waals surface area contributed by atoms with Crippen LogP contribution in [0.5, 0.6) is 0 Å². The van der Waals surface area contributed by atoms with E-state index in [1.807, 2.05) is 6.92 Å². The first-order chi connectivity index (χ1) is 7.50. The lowest BCUT2D eigenvalue weighted by molar-refractivity contribution is 0.102. The maximum Gasteiger partial charge on any atom is 0.173 e. The van der Waals surface area contributed by atoms with Crippen LogP contribution in [0.4, 0.5) is 4.39 Å². The summed E-state index contributed by atoms with van der Waals surface area (Å²) < 4.78 is 13.0. The van der Waals surface area contributed by atoms with Crippen LogP contribution in [-0.4, -0.2) is 17.3 Å². The lowest BCUT2D eigenvalue weighted by Crippen LogP contribution is -2.07. The van der Waals surface area contributed by atoms with Gasteiger partial charge >= 0.3 is 0 Å². The van der Waals surface area contributed by atoms with E-state index in [4.69, 9.17) is 0 Å². The van der Waals surface area contributed by atoms with Gasteiger partial charge < -0.3 is 0 Å². The van der Waals surface area contributed by atoms with Crippen molar-refractivity contribution in [2.24, 2.45) is 5.92 Å². The second kappa shape index (κ2) is 6.04. The molecule has 0 bridgehead atoms. The maximum absolute atomic E-state index is 13.0. The molecule has 0 amide bonds. The summed E-state index contributed by atoms with van der Waals surface area (Å²) in [6, 6.07) is 4.36. The first kappa shape index (κ1) is 13.2. The van der Waals surface area contributed by atoms with Gasteiger partial charge in [-0.3, -0.25) is 4.79 Å². The van der Waals surface area contributed by atoms with Crippen molar-refractivity contribution < 1.29 is 9.18 Å². The van der Waals surface area contributed by atoms with E-state index in [1.54, 1.807) is 17.8 Å². The minimum atomic E-state index is -0.345. The van der Waals surface area contributed by atoms with Crippen LogP contribution in [0.15, 0.2) is 18.2 Å². The van der Waals surface area contributed by atoms with Crippen molar-refractivity contribution in [3.8, 4) is 0 Å². The van der Waals surface area contributed by atoms with Gasteiger partial charge in [0.05, 0.1) is 5.75 Å². The first-order valence-electron chi connectivity index (χ1n) is 5.37. The van der Waals surface area contributed by atoms with E-state index in [0.29, 0.717) is 17.2 Å². The number of aryl methyl sites for hydroxylation is 1. The number of ketones is 1. The fourth-order valence-corrected chi connectivity index (χ4v) is 2.29. The van der Waals surface area contributed by atoms with E-state index in [9.17, 15) is 9.18 Å². The third-order valence-electron chi connectivity index (χ3n) is 2.18. The highest BCUT2D eigenvalue weighted by Crippen LogP contribution is 2.15. The summed E-state index contributed by atoms with van der Waals surface area (Å²) in [6.07, 6.45) is 0. The van der Waals surface area contributed by atoms with Gasteiger partial charge in [0.25, 0.3) is 0 Å². The Bertz CT molecular complexity index is 374. The predicted octanol–water partition coefficient (Wildman–Crippen LogP) is 3.71. The van der Waals surface area contributed by atoms with Crippen molar-refractivity contribution >= 4 is 17.5 Å². The molecule has 0 N–H and O–H groups in total. The normalized spacial score (nSPS) is 10.8. The van der Waals surface area contributed by atoms with Gasteiger partial charge in [0.1, 0.15) is 5.82 Å². The molecule has 1 aromatic rings. The monoisotopic (exact) mass is 240 g/mol. The second-order valence-corrected chi connectivity index (χ2v) is 5.32. The summed E-state index contributed by atoms with van der Waals surface area (Å²) in [6.45, 7) is 6.07. The number of halogens is 1. The number of rotatable bonds is 5. The van der Waals surface area contributed by atoms with Crippen molar-refractivity contribution in [3.05, 3.63) is 35.1 Å². The molecule has 3 heteroatoms. The Morgan fingerprint density at radius 2 is 2.12 bits per heavy atom. The van der Waals surface area contributed by atoms with Crippen molar-refractivity contribution in [3.63, 3.8) is 0 Å². The molecular weight excluding hydrogens is 223 g/mol. The zero-order chi connectivity index (χ0) is 12.1. The molecule has 16 heavy (non-hydrogen) atoms. The largest absolute Gasteiger partial charge is 0.293 e. The summed E-state index contributed by atoms with van der Waals surface area (Å²) in [4.78, 5) is 11.8. The molecule has 1 nitrogen and oxygen atoms in total. The molecule has 1 rings (SSSR count). The van der Waals surface area contributed by atoms with Gasteiger partial charge in [0.2, 0.25) is 0 Å². The lowest BCUT2D eigenvalue weighted by atomic mass is 10.1. The van der Waals surface area contributed by atoms with Crippen molar-refractivity contribution in [2.75, 3.05) is 11.5 Å². The number of carbonyl (C=O) groups excluding carboxylic acids is 1. The summed E-state index contributed by atoms with van der Waals surface area (Å²) in [5.41, 5.74) is 1.35. The van der Waals surface area contributed by atoms with Gasteiger partial charge in [-0.15, -0.1) is 0 Å². The molecule has 0 radical (unpaired) electrons. The van der Waals surface area contributed by atoms with Crippen LogP contribution in [0.1, 0.15) is 29.8 Å². The van der Waals surface area contributed by atoms with Crippen molar-refractivity contribution in [1.29, 1.82) is 0 Å². The van der Waals surface area contributed by atoms with Crippen LogP contribution in [0.2, 0.25) is 0 Å². The first-order valence-corrected chi connectivity index (χ1v) is 6.53. The maximum atomic E-state index is 13.0. The topological polar surface area (TPSA) is 17.1 Å². The van der Waals surface area contributed by atoms with Gasteiger partial charge in [-0.25, -0.2) is 4.39 Å². The molecule has 0 aliphatic carbocycles. The fourth-order valence-electron chi connectivity index (χ4n) is 1.36. The highest BCUT2D eigenvalue weighted by molar-refractivity contribution is 7.99. The van der Waals surface area contributed by atoms with Gasteiger partial charge in [-0.2, -0.15) is 11.8 Å². The molecule has 0 aromatic heterocycles. The van der Waals surface area contributed by atoms with E-state index in [-0.39, 0.29) is 11.6 Å². The van der Waals surface area contributed by atoms with Gasteiger partial charge in [-0.05, 0) is 36.3 Å². The van der Waals surface area contributed by atoms with Gasteiger partial charge in [0, 0.05) is 5.56 Å². The quantitative estimate of drug-likeness (QED) is 0.730. The molecule has 0 fully saturated rings. The molecule has 0 aliphatic heterocycles. The van der Waals surface area contributed by atoms with E-state index in [2.05, 4.69) is 13.8 Å². The van der Waals surface area contributed by atoms with E-state index < -0.39 is 0 Å². The lowest BCUT2D eigenvalue weighted by Gasteiger charge is -2.06. The molecule has 1 aromatic carbocycles. The zero-order valence-electron chi connectivity index (χ0n) is 9.92. The highest BCUT2D eigenvalue weighted by Gasteiger charge is 2.10. The van der Waals surface area contributed by atoms with E-state index in [0.717, 1.165) is 11.3 Å². The molecule has 0 saturated heterocycles. The number of Topliss-reactive ketones (excluding diaryl/α,β-unsaturated/α-hetero) is 1. The number of benzene rings is 1. The average Bonchev–Trinajstić information content (AvgIpc) is 2.21. The molecule has 0 atom stereocenters. The number of thioether (sulfide) groups is 1. The van der Waals surface area contributed by atoms with Gasteiger partial charge in [-0.1, -0.05) is 19.9 Å². The van der Waals surface area contributed by atoms with Crippen LogP contribution in [0, 0.1) is 18.7 Å². The Kier molecular flexibility index (Phi) is 5.00. The smallest absolute Gasteiger partial charge is 0.173 e. The van der Waals surface area contributed by atoms with Crippen LogP contribution in [0.25, 0.3) is 0 Å². The SMILES string of the molecule is Cc1ccc(F)cc1C(=O)CSCC(C)C.